The minimum atomic E-state index is -0.374. The molecule has 0 radical (unpaired) electrons. The normalized spacial score (nSPS) is 9.44. The van der Waals surface area contributed by atoms with Gasteiger partial charge in [0.1, 0.15) is 0 Å². The third kappa shape index (κ3) is 1.23. The molecule has 0 unspecified atom stereocenters. The van der Waals surface area contributed by atoms with Gasteiger partial charge in [-0.05, 0) is 0 Å². The Morgan fingerprint density at radius 1 is 1.67 bits per heavy atom. The Hall–Kier alpha value is -0.531. The first kappa shape index (κ1) is 6.59. The van der Waals surface area contributed by atoms with E-state index in [1.807, 2.05) is 0 Å². The van der Waals surface area contributed by atoms with E-state index in [-0.39, 0.29) is 25.7 Å². The molecule has 0 aliphatic carbocycles. The molecular formula is C6H5O2Se-. The summed E-state index contributed by atoms with van der Waals surface area (Å²) in [4.78, 5) is 12.3. The topological polar surface area (TPSA) is 40.1 Å². The zero-order chi connectivity index (χ0) is 6.85. The van der Waals surface area contributed by atoms with Crippen LogP contribution in [-0.2, 0) is 0 Å². The van der Waals surface area contributed by atoms with Crippen molar-refractivity contribution in [3.63, 3.8) is 0 Å². The van der Waals surface area contributed by atoms with Crippen molar-refractivity contribution in [3.05, 3.63) is 25.7 Å². The summed E-state index contributed by atoms with van der Waals surface area (Å²) in [5.74, 6) is -0.308. The summed E-state index contributed by atoms with van der Waals surface area (Å²) in [5, 5.41) is 10.7. The van der Waals surface area contributed by atoms with Crippen molar-refractivity contribution >= 4 is 14.5 Å². The molecule has 0 fully saturated rings. The quantitative estimate of drug-likeness (QED) is 0.514. The van der Waals surface area contributed by atoms with Crippen LogP contribution in [0, 0.1) is 6.92 Å². The second-order valence-corrected chi connectivity index (χ2v) is 4.02. The van der Waals surface area contributed by atoms with E-state index in [4.69, 9.17) is 0 Å². The summed E-state index contributed by atoms with van der Waals surface area (Å²) in [7, 11) is 0. The summed E-state index contributed by atoms with van der Waals surface area (Å²) < 4.78 is 0.704. The van der Waals surface area contributed by atoms with Gasteiger partial charge < -0.3 is 0 Å². The fourth-order valence-corrected chi connectivity index (χ4v) is 1.77. The Labute approximate surface area is 58.5 Å². The maximum absolute atomic E-state index is 10.7. The molecule has 1 aromatic heterocycles. The van der Waals surface area contributed by atoms with Gasteiger partial charge in [-0.2, -0.15) is 0 Å². The number of hydrogen-bond acceptors (Lipinski definition) is 2. The van der Waals surface area contributed by atoms with Gasteiger partial charge in [0.25, 0.3) is 0 Å². The van der Waals surface area contributed by atoms with Crippen molar-refractivity contribution in [2.45, 2.75) is 6.92 Å². The van der Waals surface area contributed by atoms with Gasteiger partial charge in [-0.3, -0.25) is 0 Å². The van der Waals surface area contributed by atoms with Crippen molar-refractivity contribution in [2.75, 3.05) is 0 Å². The van der Waals surface area contributed by atoms with Crippen molar-refractivity contribution < 1.29 is 5.11 Å². The van der Waals surface area contributed by atoms with Crippen LogP contribution < -0.4 is 10.5 Å². The van der Waals surface area contributed by atoms with Crippen LogP contribution in [0.3, 0.4) is 0 Å². The molecular weight excluding hydrogens is 183 g/mol. The Kier molecular flexibility index (Phi) is 1.74. The van der Waals surface area contributed by atoms with E-state index in [0.29, 0.717) is 4.44 Å². The monoisotopic (exact) mass is 189 g/mol. The first-order chi connectivity index (χ1) is 4.22. The van der Waals surface area contributed by atoms with Gasteiger partial charge in [-0.15, -0.1) is 0 Å². The first-order valence-corrected chi connectivity index (χ1v) is 4.32. The van der Waals surface area contributed by atoms with Crippen LogP contribution in [-0.4, -0.2) is 14.5 Å². The van der Waals surface area contributed by atoms with Crippen LogP contribution in [0.1, 0.15) is 4.44 Å². The van der Waals surface area contributed by atoms with E-state index in [1.165, 1.54) is 6.07 Å². The summed E-state index contributed by atoms with van der Waals surface area (Å²) >= 11 is 0.130. The predicted molar refractivity (Wildman–Crippen MR) is 33.8 cm³/mol. The molecule has 9 heavy (non-hydrogen) atoms. The van der Waals surface area contributed by atoms with Crippen molar-refractivity contribution in [2.24, 2.45) is 0 Å². The molecule has 0 spiro atoms. The zero-order valence-electron chi connectivity index (χ0n) is 4.88. The van der Waals surface area contributed by atoms with Gasteiger partial charge in [-0.25, -0.2) is 0 Å². The van der Waals surface area contributed by atoms with Crippen LogP contribution >= 0.6 is 0 Å². The van der Waals surface area contributed by atoms with Gasteiger partial charge in [0.05, 0.1) is 0 Å². The van der Waals surface area contributed by atoms with Crippen LogP contribution in [0.25, 0.3) is 0 Å². The molecule has 0 saturated carbocycles. The Morgan fingerprint density at radius 3 is 2.78 bits per heavy atom. The molecule has 0 atom stereocenters. The Morgan fingerprint density at radius 2 is 2.33 bits per heavy atom. The molecule has 0 aliphatic heterocycles. The molecule has 1 rings (SSSR count). The second kappa shape index (κ2) is 2.38. The van der Waals surface area contributed by atoms with Gasteiger partial charge >= 0.3 is 58.0 Å². The van der Waals surface area contributed by atoms with Crippen LogP contribution in [0.15, 0.2) is 15.8 Å². The van der Waals surface area contributed by atoms with Crippen LogP contribution in [0.5, 0.6) is 5.75 Å². The first-order valence-electron chi connectivity index (χ1n) is 2.47. The standard InChI is InChI=1S/C6H6O2Se/c1-4-6(8)5(7)2-3-9-4/h2-3,8H,1H3/p-1. The molecule has 3 heteroatoms. The molecule has 1 aromatic rings. The summed E-state index contributed by atoms with van der Waals surface area (Å²) in [6, 6.07) is 1.36. The van der Waals surface area contributed by atoms with Gasteiger partial charge in [0.2, 0.25) is 0 Å². The number of rotatable bonds is 0. The van der Waals surface area contributed by atoms with Crippen LogP contribution in [0.2, 0.25) is 0 Å². The van der Waals surface area contributed by atoms with Crippen molar-refractivity contribution in [1.82, 2.24) is 0 Å². The molecule has 0 amide bonds. The van der Waals surface area contributed by atoms with Gasteiger partial charge in [0.15, 0.2) is 0 Å². The number of aryl methyl sites for hydroxylation is 1. The summed E-state index contributed by atoms with van der Waals surface area (Å²) in [6.45, 7) is 1.71. The third-order valence-corrected chi connectivity index (χ3v) is 2.71. The average Bonchev–Trinajstić information content (AvgIpc) is 1.83. The fourth-order valence-electron chi connectivity index (χ4n) is 0.501. The van der Waals surface area contributed by atoms with Crippen molar-refractivity contribution in [3.8, 4) is 5.75 Å². The minimum absolute atomic E-state index is 0.130. The van der Waals surface area contributed by atoms with Crippen molar-refractivity contribution in [1.29, 1.82) is 0 Å². The van der Waals surface area contributed by atoms with E-state index < -0.39 is 0 Å². The Bertz CT molecular complexity index is 264. The molecule has 1 heterocycles. The average molecular weight is 188 g/mol. The predicted octanol–water partition coefficient (Wildman–Crippen LogP) is -0.514. The summed E-state index contributed by atoms with van der Waals surface area (Å²) in [6.07, 6.45) is 0. The SMILES string of the molecule is Cc1[se]ccc(=O)c1[O-]. The number of hydrogen-bond donors (Lipinski definition) is 0. The molecule has 2 nitrogen and oxygen atoms in total. The maximum atomic E-state index is 10.7. The van der Waals surface area contributed by atoms with E-state index in [1.54, 1.807) is 11.9 Å². The summed E-state index contributed by atoms with van der Waals surface area (Å²) in [5.41, 5.74) is -0.374. The third-order valence-electron chi connectivity index (χ3n) is 1.01. The van der Waals surface area contributed by atoms with E-state index in [0.717, 1.165) is 0 Å². The molecule has 0 aromatic carbocycles. The van der Waals surface area contributed by atoms with E-state index in [2.05, 4.69) is 0 Å². The Balaban J connectivity index is 3.43. The zero-order valence-corrected chi connectivity index (χ0v) is 6.59. The van der Waals surface area contributed by atoms with Gasteiger partial charge in [0, 0.05) is 0 Å². The molecule has 0 bridgehead atoms. The second-order valence-electron chi connectivity index (χ2n) is 1.67. The molecule has 0 aliphatic rings. The van der Waals surface area contributed by atoms with E-state index in [9.17, 15) is 9.90 Å². The van der Waals surface area contributed by atoms with Gasteiger partial charge in [-0.1, -0.05) is 0 Å². The molecule has 0 N–H and O–H groups in total. The van der Waals surface area contributed by atoms with Crippen LogP contribution in [0.4, 0.5) is 0 Å². The molecule has 0 saturated heterocycles. The molecule has 48 valence electrons. The fraction of sp³-hybridized carbons (Fsp3) is 0.167. The van der Waals surface area contributed by atoms with E-state index >= 15 is 0 Å².